The monoisotopic (exact) mass is 306 g/mol. The van der Waals surface area contributed by atoms with Crippen LogP contribution in [-0.4, -0.2) is 10.5 Å². The van der Waals surface area contributed by atoms with Crippen LogP contribution in [0.2, 0.25) is 0 Å². The first-order valence-electron chi connectivity index (χ1n) is 7.96. The van der Waals surface area contributed by atoms with Crippen LogP contribution in [0.15, 0.2) is 48.7 Å². The molecule has 3 heteroatoms. The van der Waals surface area contributed by atoms with Gasteiger partial charge in [-0.05, 0) is 49.4 Å². The van der Waals surface area contributed by atoms with Gasteiger partial charge in [-0.25, -0.2) is 0 Å². The Morgan fingerprint density at radius 3 is 2.48 bits per heavy atom. The number of hydrogen-bond donors (Lipinski definition) is 1. The van der Waals surface area contributed by atoms with E-state index in [4.69, 9.17) is 0 Å². The highest BCUT2D eigenvalue weighted by Crippen LogP contribution is 2.22. The van der Waals surface area contributed by atoms with E-state index in [-0.39, 0.29) is 5.91 Å². The number of rotatable bonds is 4. The molecule has 118 valence electrons. The molecule has 0 unspecified atom stereocenters. The van der Waals surface area contributed by atoms with Gasteiger partial charge in [0, 0.05) is 30.4 Å². The lowest BCUT2D eigenvalue weighted by molar-refractivity contribution is -0.116. The Kier molecular flexibility index (Phi) is 4.20. The minimum absolute atomic E-state index is 0.0536. The number of para-hydroxylation sites is 1. The molecule has 1 aromatic heterocycles. The van der Waals surface area contributed by atoms with Crippen LogP contribution in [-0.2, 0) is 11.3 Å². The Labute approximate surface area is 136 Å². The van der Waals surface area contributed by atoms with Gasteiger partial charge in [-0.2, -0.15) is 0 Å². The summed E-state index contributed by atoms with van der Waals surface area (Å²) in [6, 6.07) is 14.5. The molecule has 0 aliphatic rings. The molecule has 3 aromatic rings. The fourth-order valence-corrected chi connectivity index (χ4v) is 3.14. The number of carbonyl (C=O) groups is 1. The Morgan fingerprint density at radius 1 is 1.04 bits per heavy atom. The molecule has 2 aromatic carbocycles. The average Bonchev–Trinajstić information content (AvgIpc) is 2.92. The second-order valence-corrected chi connectivity index (χ2v) is 6.14. The van der Waals surface area contributed by atoms with E-state index in [0.717, 1.165) is 16.8 Å². The molecule has 3 rings (SSSR count). The molecule has 0 radical (unpaired) electrons. The summed E-state index contributed by atoms with van der Waals surface area (Å²) in [5.41, 5.74) is 5.56. The van der Waals surface area contributed by atoms with Crippen LogP contribution in [0.5, 0.6) is 0 Å². The summed E-state index contributed by atoms with van der Waals surface area (Å²) in [5, 5.41) is 4.27. The largest absolute Gasteiger partial charge is 0.347 e. The van der Waals surface area contributed by atoms with E-state index < -0.39 is 0 Å². The second-order valence-electron chi connectivity index (χ2n) is 6.14. The van der Waals surface area contributed by atoms with Crippen LogP contribution in [0.3, 0.4) is 0 Å². The van der Waals surface area contributed by atoms with E-state index >= 15 is 0 Å². The van der Waals surface area contributed by atoms with Crippen LogP contribution in [0.4, 0.5) is 5.69 Å². The normalized spacial score (nSPS) is 10.9. The summed E-state index contributed by atoms with van der Waals surface area (Å²) >= 11 is 0. The maximum Gasteiger partial charge on any atom is 0.226 e. The summed E-state index contributed by atoms with van der Waals surface area (Å²) < 4.78 is 2.13. The Hall–Kier alpha value is -2.55. The quantitative estimate of drug-likeness (QED) is 0.751. The molecule has 1 heterocycles. The first kappa shape index (κ1) is 15.3. The summed E-state index contributed by atoms with van der Waals surface area (Å²) in [5.74, 6) is 0.0536. The summed E-state index contributed by atoms with van der Waals surface area (Å²) in [6.07, 6.45) is 2.51. The van der Waals surface area contributed by atoms with Crippen LogP contribution < -0.4 is 5.32 Å². The Balaban J connectivity index is 1.69. The van der Waals surface area contributed by atoms with Crippen molar-refractivity contribution in [3.8, 4) is 0 Å². The van der Waals surface area contributed by atoms with Crippen molar-refractivity contribution in [1.29, 1.82) is 0 Å². The molecular weight excluding hydrogens is 284 g/mol. The Bertz CT molecular complexity index is 838. The van der Waals surface area contributed by atoms with Gasteiger partial charge in [-0.3, -0.25) is 4.79 Å². The van der Waals surface area contributed by atoms with Crippen molar-refractivity contribution < 1.29 is 4.79 Å². The molecule has 0 fully saturated rings. The summed E-state index contributed by atoms with van der Waals surface area (Å²) in [7, 11) is 0. The van der Waals surface area contributed by atoms with Crippen molar-refractivity contribution in [3.63, 3.8) is 0 Å². The number of carbonyl (C=O) groups excluding carboxylic acids is 1. The van der Waals surface area contributed by atoms with E-state index in [1.807, 2.05) is 32.2 Å². The number of nitrogens with zero attached hydrogens (tertiary/aromatic N) is 1. The molecule has 1 N–H and O–H groups in total. The standard InChI is InChI=1S/C20H22N2O/c1-14-12-15(2)20(16(3)13-14)21-19(23)9-11-22-10-8-17-6-4-5-7-18(17)22/h4-8,10,12-13H,9,11H2,1-3H3,(H,21,23). The highest BCUT2D eigenvalue weighted by molar-refractivity contribution is 5.92. The van der Waals surface area contributed by atoms with E-state index in [0.29, 0.717) is 13.0 Å². The minimum Gasteiger partial charge on any atom is -0.347 e. The van der Waals surface area contributed by atoms with Crippen LogP contribution in [0.25, 0.3) is 10.9 Å². The predicted octanol–water partition coefficient (Wildman–Crippen LogP) is 4.60. The first-order chi connectivity index (χ1) is 11.0. The number of anilines is 1. The number of amides is 1. The van der Waals surface area contributed by atoms with Gasteiger partial charge in [0.1, 0.15) is 0 Å². The highest BCUT2D eigenvalue weighted by Gasteiger charge is 2.09. The van der Waals surface area contributed by atoms with Crippen molar-refractivity contribution in [2.45, 2.75) is 33.7 Å². The van der Waals surface area contributed by atoms with E-state index in [1.165, 1.54) is 16.5 Å². The lowest BCUT2D eigenvalue weighted by Crippen LogP contribution is -2.15. The van der Waals surface area contributed by atoms with Crippen LogP contribution >= 0.6 is 0 Å². The van der Waals surface area contributed by atoms with Crippen molar-refractivity contribution in [2.24, 2.45) is 0 Å². The lowest BCUT2D eigenvalue weighted by atomic mass is 10.1. The van der Waals surface area contributed by atoms with Gasteiger partial charge >= 0.3 is 0 Å². The number of fused-ring (bicyclic) bond motifs is 1. The fraction of sp³-hybridized carbons (Fsp3) is 0.250. The third kappa shape index (κ3) is 3.29. The van der Waals surface area contributed by atoms with Gasteiger partial charge in [0.25, 0.3) is 0 Å². The molecule has 0 bridgehead atoms. The van der Waals surface area contributed by atoms with E-state index in [2.05, 4.69) is 47.1 Å². The zero-order valence-corrected chi connectivity index (χ0v) is 13.9. The van der Waals surface area contributed by atoms with Gasteiger partial charge in [-0.1, -0.05) is 35.9 Å². The van der Waals surface area contributed by atoms with Crippen molar-refractivity contribution in [3.05, 3.63) is 65.4 Å². The van der Waals surface area contributed by atoms with Gasteiger partial charge in [0.15, 0.2) is 0 Å². The number of nitrogens with one attached hydrogen (secondary N) is 1. The van der Waals surface area contributed by atoms with E-state index in [1.54, 1.807) is 0 Å². The molecular formula is C20H22N2O. The molecule has 1 amide bonds. The maximum absolute atomic E-state index is 12.3. The molecule has 0 aliphatic heterocycles. The van der Waals surface area contributed by atoms with Gasteiger partial charge in [0.05, 0.1) is 0 Å². The number of benzene rings is 2. The molecule has 0 spiro atoms. The van der Waals surface area contributed by atoms with Crippen LogP contribution in [0, 0.1) is 20.8 Å². The van der Waals surface area contributed by atoms with Crippen molar-refractivity contribution in [1.82, 2.24) is 4.57 Å². The molecule has 0 saturated heterocycles. The number of aryl methyl sites for hydroxylation is 4. The zero-order valence-electron chi connectivity index (χ0n) is 13.9. The highest BCUT2D eigenvalue weighted by atomic mass is 16.1. The van der Waals surface area contributed by atoms with Crippen LogP contribution in [0.1, 0.15) is 23.1 Å². The first-order valence-corrected chi connectivity index (χ1v) is 7.96. The molecule has 0 aliphatic carbocycles. The van der Waals surface area contributed by atoms with E-state index in [9.17, 15) is 4.79 Å². The summed E-state index contributed by atoms with van der Waals surface area (Å²) in [6.45, 7) is 6.83. The molecule has 0 saturated carbocycles. The SMILES string of the molecule is Cc1cc(C)c(NC(=O)CCn2ccc3ccccc32)c(C)c1. The molecule has 23 heavy (non-hydrogen) atoms. The Morgan fingerprint density at radius 2 is 1.74 bits per heavy atom. The summed E-state index contributed by atoms with van der Waals surface area (Å²) in [4.78, 5) is 12.3. The fourth-order valence-electron chi connectivity index (χ4n) is 3.14. The zero-order chi connectivity index (χ0) is 16.4. The lowest BCUT2D eigenvalue weighted by Gasteiger charge is -2.13. The average molecular weight is 306 g/mol. The van der Waals surface area contributed by atoms with Crippen molar-refractivity contribution in [2.75, 3.05) is 5.32 Å². The molecule has 3 nitrogen and oxygen atoms in total. The van der Waals surface area contributed by atoms with Gasteiger partial charge in [0.2, 0.25) is 5.91 Å². The number of aromatic nitrogens is 1. The number of hydrogen-bond acceptors (Lipinski definition) is 1. The smallest absolute Gasteiger partial charge is 0.226 e. The maximum atomic E-state index is 12.3. The second kappa shape index (κ2) is 6.29. The minimum atomic E-state index is 0.0536. The predicted molar refractivity (Wildman–Crippen MR) is 95.8 cm³/mol. The third-order valence-corrected chi connectivity index (χ3v) is 4.20. The third-order valence-electron chi connectivity index (χ3n) is 4.20. The van der Waals surface area contributed by atoms with Gasteiger partial charge in [-0.15, -0.1) is 0 Å². The topological polar surface area (TPSA) is 34.0 Å². The van der Waals surface area contributed by atoms with Gasteiger partial charge < -0.3 is 9.88 Å². The van der Waals surface area contributed by atoms with Crippen molar-refractivity contribution >= 4 is 22.5 Å². The molecule has 0 atom stereocenters.